The number of hydrogen-bond donors (Lipinski definition) is 1. The molecule has 0 amide bonds. The van der Waals surface area contributed by atoms with Crippen molar-refractivity contribution in [1.29, 1.82) is 0 Å². The highest BCUT2D eigenvalue weighted by molar-refractivity contribution is 7.90. The number of hydrogen-bond acceptors (Lipinski definition) is 5. The van der Waals surface area contributed by atoms with Crippen molar-refractivity contribution in [2.24, 2.45) is 0 Å². The maximum Gasteiger partial charge on any atom is 0.573 e. The maximum absolute atomic E-state index is 12.2. The van der Waals surface area contributed by atoms with Crippen LogP contribution in [0.4, 0.5) is 13.2 Å². The molecule has 0 saturated carbocycles. The number of nitrogens with zero attached hydrogens (tertiary/aromatic N) is 2. The molecule has 1 aromatic heterocycles. The summed E-state index contributed by atoms with van der Waals surface area (Å²) in [4.78, 5) is 3.72. The average molecular weight is 335 g/mol. The average Bonchev–Trinajstić information content (AvgIpc) is 2.88. The summed E-state index contributed by atoms with van der Waals surface area (Å²) < 4.78 is 64.9. The summed E-state index contributed by atoms with van der Waals surface area (Å²) in [5, 5.41) is 4.96. The Bertz CT molecular complexity index is 730. The molecule has 0 spiro atoms. The predicted octanol–water partition coefficient (Wildman–Crippen LogP) is 2.38. The van der Waals surface area contributed by atoms with Gasteiger partial charge in [-0.2, -0.15) is 5.10 Å². The molecular formula is C12H12F3N3O3S. The van der Waals surface area contributed by atoms with Gasteiger partial charge in [-0.15, -0.1) is 13.2 Å². The molecule has 2 aromatic rings. The maximum atomic E-state index is 12.2. The Kier molecular flexibility index (Phi) is 4.40. The molecule has 0 bridgehead atoms. The molecule has 0 fully saturated rings. The minimum Gasteiger partial charge on any atom is -0.406 e. The van der Waals surface area contributed by atoms with E-state index < -0.39 is 33.0 Å². The van der Waals surface area contributed by atoms with Gasteiger partial charge in [0, 0.05) is 0 Å². The Hall–Kier alpha value is -2.10. The van der Waals surface area contributed by atoms with Crippen LogP contribution in [0.3, 0.4) is 0 Å². The highest BCUT2D eigenvalue weighted by atomic mass is 32.2. The van der Waals surface area contributed by atoms with Crippen LogP contribution in [0.25, 0.3) is 0 Å². The second kappa shape index (κ2) is 5.95. The van der Waals surface area contributed by atoms with E-state index in [1.165, 1.54) is 25.4 Å². The Morgan fingerprint density at radius 3 is 2.68 bits per heavy atom. The minimum atomic E-state index is -4.83. The van der Waals surface area contributed by atoms with Crippen LogP contribution in [-0.2, 0) is 15.6 Å². The predicted molar refractivity (Wildman–Crippen MR) is 70.5 cm³/mol. The van der Waals surface area contributed by atoms with E-state index in [-0.39, 0.29) is 11.4 Å². The summed E-state index contributed by atoms with van der Waals surface area (Å²) >= 11 is 0. The van der Waals surface area contributed by atoms with Crippen LogP contribution in [0.2, 0.25) is 0 Å². The summed E-state index contributed by atoms with van der Waals surface area (Å²) in [6.45, 7) is 1.39. The van der Waals surface area contributed by atoms with Gasteiger partial charge in [0.25, 0.3) is 0 Å². The lowest BCUT2D eigenvalue weighted by Crippen LogP contribution is -2.18. The molecule has 0 aliphatic carbocycles. The lowest BCUT2D eigenvalue weighted by molar-refractivity contribution is -0.274. The first-order chi connectivity index (χ1) is 10.2. The molecule has 0 aliphatic rings. The van der Waals surface area contributed by atoms with Gasteiger partial charge < -0.3 is 4.74 Å². The first-order valence-electron chi connectivity index (χ1n) is 6.09. The number of rotatable bonds is 5. The van der Waals surface area contributed by atoms with E-state index in [0.29, 0.717) is 0 Å². The van der Waals surface area contributed by atoms with Gasteiger partial charge in [-0.25, -0.2) is 13.4 Å². The topological polar surface area (TPSA) is 84.9 Å². The van der Waals surface area contributed by atoms with Gasteiger partial charge in [-0.1, -0.05) is 12.1 Å². The zero-order valence-corrected chi connectivity index (χ0v) is 12.1. The minimum absolute atomic E-state index is 0.162. The number of sulfone groups is 1. The lowest BCUT2D eigenvalue weighted by Gasteiger charge is -2.14. The normalized spacial score (nSPS) is 13.8. The molecule has 10 heteroatoms. The molecule has 1 atom stereocenters. The van der Waals surface area contributed by atoms with Gasteiger partial charge in [-0.3, -0.25) is 5.10 Å². The summed E-state index contributed by atoms with van der Waals surface area (Å²) in [5.74, 6) is -0.695. The second-order valence-electron chi connectivity index (χ2n) is 4.50. The van der Waals surface area contributed by atoms with E-state index in [0.717, 1.165) is 12.1 Å². The first-order valence-corrected chi connectivity index (χ1v) is 7.80. The quantitative estimate of drug-likeness (QED) is 0.907. The van der Waals surface area contributed by atoms with Gasteiger partial charge in [0.05, 0.1) is 5.25 Å². The lowest BCUT2D eigenvalue weighted by atomic mass is 10.1. The molecule has 6 nitrogen and oxygen atoms in total. The molecule has 1 heterocycles. The van der Waals surface area contributed by atoms with Crippen molar-refractivity contribution in [2.45, 2.75) is 24.3 Å². The van der Waals surface area contributed by atoms with Crippen molar-refractivity contribution in [1.82, 2.24) is 15.2 Å². The van der Waals surface area contributed by atoms with Crippen LogP contribution in [0.1, 0.15) is 23.6 Å². The summed E-state index contributed by atoms with van der Waals surface area (Å²) in [5.41, 5.74) is 0.196. The molecule has 0 radical (unpaired) electrons. The van der Waals surface area contributed by atoms with Gasteiger partial charge in [0.15, 0.2) is 9.84 Å². The Labute approximate surface area is 124 Å². The second-order valence-corrected chi connectivity index (χ2v) is 6.82. The fraction of sp³-hybridized carbons (Fsp3) is 0.333. The van der Waals surface area contributed by atoms with Gasteiger partial charge in [0.2, 0.25) is 0 Å². The van der Waals surface area contributed by atoms with Crippen molar-refractivity contribution >= 4 is 9.84 Å². The number of aromatic amines is 1. The van der Waals surface area contributed by atoms with Crippen LogP contribution in [0.5, 0.6) is 5.75 Å². The van der Waals surface area contributed by atoms with E-state index in [1.54, 1.807) is 0 Å². The SMILES string of the molecule is CC(c1cccc(OC(F)(F)F)c1)S(=O)(=O)Cc1ncn[nH]1. The molecule has 120 valence electrons. The standard InChI is InChI=1S/C12H12F3N3O3S/c1-8(22(19,20)6-11-16-7-17-18-11)9-3-2-4-10(5-9)21-12(13,14)15/h2-5,7-8H,6H2,1H3,(H,16,17,18). The summed E-state index contributed by atoms with van der Waals surface area (Å²) in [7, 11) is -3.67. The first kappa shape index (κ1) is 16.3. The Morgan fingerprint density at radius 1 is 1.36 bits per heavy atom. The number of nitrogens with one attached hydrogen (secondary N) is 1. The molecule has 0 saturated heterocycles. The number of alkyl halides is 3. The van der Waals surface area contributed by atoms with E-state index >= 15 is 0 Å². The van der Waals surface area contributed by atoms with Crippen LogP contribution in [-0.4, -0.2) is 30.0 Å². The molecule has 0 aliphatic heterocycles. The number of ether oxygens (including phenoxy) is 1. The molecule has 2 rings (SSSR count). The van der Waals surface area contributed by atoms with Crippen molar-refractivity contribution < 1.29 is 26.3 Å². The zero-order chi connectivity index (χ0) is 16.4. The van der Waals surface area contributed by atoms with Crippen LogP contribution >= 0.6 is 0 Å². The zero-order valence-electron chi connectivity index (χ0n) is 11.3. The van der Waals surface area contributed by atoms with Gasteiger partial charge in [-0.05, 0) is 24.6 Å². The highest BCUT2D eigenvalue weighted by Crippen LogP contribution is 2.29. The van der Waals surface area contributed by atoms with Crippen molar-refractivity contribution in [2.75, 3.05) is 0 Å². The van der Waals surface area contributed by atoms with Crippen LogP contribution in [0, 0.1) is 0 Å². The fourth-order valence-electron chi connectivity index (χ4n) is 1.79. The molecule has 1 N–H and O–H groups in total. The van der Waals surface area contributed by atoms with E-state index in [2.05, 4.69) is 19.9 Å². The molecular weight excluding hydrogens is 323 g/mol. The van der Waals surface area contributed by atoms with Crippen molar-refractivity contribution in [3.8, 4) is 5.75 Å². The Morgan fingerprint density at radius 2 is 2.09 bits per heavy atom. The fourth-order valence-corrected chi connectivity index (χ4v) is 3.12. The van der Waals surface area contributed by atoms with Crippen LogP contribution in [0.15, 0.2) is 30.6 Å². The molecule has 22 heavy (non-hydrogen) atoms. The smallest absolute Gasteiger partial charge is 0.406 e. The summed E-state index contributed by atoms with van der Waals surface area (Å²) in [6, 6.07) is 4.88. The Balaban J connectivity index is 2.21. The molecule has 1 unspecified atom stereocenters. The number of aromatic nitrogens is 3. The van der Waals surface area contributed by atoms with Gasteiger partial charge in [0.1, 0.15) is 23.7 Å². The third-order valence-corrected chi connectivity index (χ3v) is 4.93. The monoisotopic (exact) mass is 335 g/mol. The van der Waals surface area contributed by atoms with Crippen LogP contribution < -0.4 is 4.74 Å². The van der Waals surface area contributed by atoms with E-state index in [9.17, 15) is 21.6 Å². The van der Waals surface area contributed by atoms with E-state index in [1.807, 2.05) is 0 Å². The van der Waals surface area contributed by atoms with Crippen molar-refractivity contribution in [3.05, 3.63) is 42.0 Å². The highest BCUT2D eigenvalue weighted by Gasteiger charge is 2.32. The number of halogens is 3. The molecule has 1 aromatic carbocycles. The summed E-state index contributed by atoms with van der Waals surface area (Å²) in [6.07, 6.45) is -3.66. The van der Waals surface area contributed by atoms with Gasteiger partial charge >= 0.3 is 6.36 Å². The van der Waals surface area contributed by atoms with E-state index in [4.69, 9.17) is 0 Å². The largest absolute Gasteiger partial charge is 0.573 e. The number of benzene rings is 1. The third kappa shape index (κ3) is 4.20. The van der Waals surface area contributed by atoms with Crippen molar-refractivity contribution in [3.63, 3.8) is 0 Å². The third-order valence-electron chi connectivity index (χ3n) is 2.90. The number of H-pyrrole nitrogens is 1.